The second-order valence-electron chi connectivity index (χ2n) is 8.56. The Labute approximate surface area is 176 Å². The number of piperidine rings is 3. The zero-order valence-electron chi connectivity index (χ0n) is 17.0. The Balaban J connectivity index is 1.51. The third kappa shape index (κ3) is 4.45. The first-order valence-corrected chi connectivity index (χ1v) is 12.0. The molecule has 158 valence electrons. The standard InChI is InChI=1S/C22H30FN3O2S/c1-29-10-9-25-13-16-11-17(14-25)21(26-19(16)3-2-4-20(26)27)22(28)24-12-15-5-7-18(23)8-6-15/h5-8,16-17,19,21H,2-4,9-14H2,1H3,(H,24,28)/t16-,17+,19-,21+/m0/s1. The predicted molar refractivity (Wildman–Crippen MR) is 113 cm³/mol. The smallest absolute Gasteiger partial charge is 0.243 e. The maximum atomic E-state index is 13.3. The molecular weight excluding hydrogens is 389 g/mol. The van der Waals surface area contributed by atoms with Crippen molar-refractivity contribution in [3.63, 3.8) is 0 Å². The molecule has 3 aliphatic rings. The maximum absolute atomic E-state index is 13.3. The van der Waals surface area contributed by atoms with Crippen LogP contribution in [-0.2, 0) is 16.1 Å². The number of rotatable bonds is 6. The first-order valence-electron chi connectivity index (χ1n) is 10.6. The van der Waals surface area contributed by atoms with E-state index in [-0.39, 0.29) is 35.6 Å². The van der Waals surface area contributed by atoms with Gasteiger partial charge >= 0.3 is 0 Å². The molecule has 3 aliphatic heterocycles. The summed E-state index contributed by atoms with van der Waals surface area (Å²) in [5, 5.41) is 3.03. The third-order valence-corrected chi connectivity index (χ3v) is 7.27. The maximum Gasteiger partial charge on any atom is 0.243 e. The van der Waals surface area contributed by atoms with E-state index in [1.54, 1.807) is 12.1 Å². The van der Waals surface area contributed by atoms with Gasteiger partial charge in [-0.15, -0.1) is 0 Å². The van der Waals surface area contributed by atoms with Crippen LogP contribution in [0.15, 0.2) is 24.3 Å². The molecular formula is C22H30FN3O2S. The van der Waals surface area contributed by atoms with E-state index < -0.39 is 0 Å². The Hall–Kier alpha value is -1.60. The van der Waals surface area contributed by atoms with Crippen molar-refractivity contribution < 1.29 is 14.0 Å². The molecule has 0 saturated carbocycles. The number of thioether (sulfide) groups is 1. The lowest BCUT2D eigenvalue weighted by Gasteiger charge is -2.55. The van der Waals surface area contributed by atoms with Gasteiger partial charge in [-0.05, 0) is 49.1 Å². The van der Waals surface area contributed by atoms with Crippen LogP contribution in [0.2, 0.25) is 0 Å². The van der Waals surface area contributed by atoms with Crippen molar-refractivity contribution in [1.29, 1.82) is 0 Å². The van der Waals surface area contributed by atoms with Crippen LogP contribution in [0, 0.1) is 17.7 Å². The minimum Gasteiger partial charge on any atom is -0.350 e. The molecule has 1 aromatic rings. The van der Waals surface area contributed by atoms with E-state index in [4.69, 9.17) is 0 Å². The second-order valence-corrected chi connectivity index (χ2v) is 9.54. The minimum atomic E-state index is -0.387. The molecule has 29 heavy (non-hydrogen) atoms. The number of carbonyl (C=O) groups excluding carboxylic acids is 2. The van der Waals surface area contributed by atoms with Gasteiger partial charge in [-0.1, -0.05) is 12.1 Å². The number of carbonyl (C=O) groups is 2. The van der Waals surface area contributed by atoms with Crippen molar-refractivity contribution in [2.24, 2.45) is 11.8 Å². The van der Waals surface area contributed by atoms with Crippen molar-refractivity contribution in [2.75, 3.05) is 31.6 Å². The molecule has 4 rings (SSSR count). The second kappa shape index (κ2) is 9.04. The molecule has 0 radical (unpaired) electrons. The quantitative estimate of drug-likeness (QED) is 0.770. The van der Waals surface area contributed by atoms with E-state index in [0.29, 0.717) is 18.9 Å². The van der Waals surface area contributed by atoms with Gasteiger partial charge < -0.3 is 15.1 Å². The van der Waals surface area contributed by atoms with E-state index >= 15 is 0 Å². The summed E-state index contributed by atoms with van der Waals surface area (Å²) in [7, 11) is 0. The highest BCUT2D eigenvalue weighted by molar-refractivity contribution is 7.98. The van der Waals surface area contributed by atoms with E-state index in [2.05, 4.69) is 16.5 Å². The molecule has 0 unspecified atom stereocenters. The van der Waals surface area contributed by atoms with Gasteiger partial charge in [-0.2, -0.15) is 11.8 Å². The van der Waals surface area contributed by atoms with Gasteiger partial charge in [0.05, 0.1) is 0 Å². The summed E-state index contributed by atoms with van der Waals surface area (Å²) in [5.41, 5.74) is 0.861. The van der Waals surface area contributed by atoms with E-state index in [9.17, 15) is 14.0 Å². The molecule has 0 aliphatic carbocycles. The van der Waals surface area contributed by atoms with Crippen molar-refractivity contribution in [3.8, 4) is 0 Å². The molecule has 7 heteroatoms. The normalized spacial score (nSPS) is 29.4. The summed E-state index contributed by atoms with van der Waals surface area (Å²) in [6.45, 7) is 3.31. The SMILES string of the molecule is CSCCN1C[C@@H]2C[C@H](C1)[C@H](C(=O)NCc1ccc(F)cc1)N1C(=O)CCC[C@@H]21. The summed E-state index contributed by atoms with van der Waals surface area (Å²) in [5.74, 6) is 1.53. The number of fused-ring (bicyclic) bond motifs is 4. The highest BCUT2D eigenvalue weighted by Gasteiger charge is 2.51. The van der Waals surface area contributed by atoms with Gasteiger partial charge in [-0.3, -0.25) is 9.59 Å². The molecule has 4 atom stereocenters. The Morgan fingerprint density at radius 3 is 2.76 bits per heavy atom. The monoisotopic (exact) mass is 419 g/mol. The summed E-state index contributed by atoms with van der Waals surface area (Å²) >= 11 is 1.85. The van der Waals surface area contributed by atoms with Crippen molar-refractivity contribution in [3.05, 3.63) is 35.6 Å². The number of benzene rings is 1. The molecule has 2 amide bonds. The van der Waals surface area contributed by atoms with Crippen molar-refractivity contribution in [1.82, 2.24) is 15.1 Å². The Morgan fingerprint density at radius 1 is 1.24 bits per heavy atom. The van der Waals surface area contributed by atoms with Crippen LogP contribution in [-0.4, -0.2) is 65.3 Å². The van der Waals surface area contributed by atoms with Gasteiger partial charge in [0, 0.05) is 50.3 Å². The highest BCUT2D eigenvalue weighted by atomic mass is 32.2. The van der Waals surface area contributed by atoms with Crippen LogP contribution in [0.5, 0.6) is 0 Å². The lowest BCUT2D eigenvalue weighted by molar-refractivity contribution is -0.160. The van der Waals surface area contributed by atoms with E-state index in [1.807, 2.05) is 16.7 Å². The molecule has 3 saturated heterocycles. The van der Waals surface area contributed by atoms with E-state index in [1.165, 1.54) is 12.1 Å². The lowest BCUT2D eigenvalue weighted by Crippen LogP contribution is -2.68. The topological polar surface area (TPSA) is 52.7 Å². The predicted octanol–water partition coefficient (Wildman–Crippen LogP) is 2.51. The summed E-state index contributed by atoms with van der Waals surface area (Å²) < 4.78 is 13.1. The first kappa shape index (κ1) is 20.7. The Bertz CT molecular complexity index is 744. The number of likely N-dealkylation sites (tertiary alicyclic amines) is 1. The fourth-order valence-electron chi connectivity index (χ4n) is 5.39. The minimum absolute atomic E-state index is 0.0651. The third-order valence-electron chi connectivity index (χ3n) is 6.68. The number of hydrogen-bond acceptors (Lipinski definition) is 4. The summed E-state index contributed by atoms with van der Waals surface area (Å²) in [4.78, 5) is 30.5. The number of hydrogen-bond donors (Lipinski definition) is 1. The Kier molecular flexibility index (Phi) is 6.44. The Morgan fingerprint density at radius 2 is 2.00 bits per heavy atom. The molecule has 1 aromatic carbocycles. The molecule has 3 heterocycles. The van der Waals surface area contributed by atoms with Gasteiger partial charge in [0.25, 0.3) is 0 Å². The zero-order valence-corrected chi connectivity index (χ0v) is 17.8. The van der Waals surface area contributed by atoms with Crippen LogP contribution >= 0.6 is 11.8 Å². The average molecular weight is 420 g/mol. The molecule has 5 nitrogen and oxygen atoms in total. The van der Waals surface area contributed by atoms with E-state index in [0.717, 1.165) is 50.2 Å². The molecule has 1 N–H and O–H groups in total. The van der Waals surface area contributed by atoms with Crippen LogP contribution in [0.4, 0.5) is 4.39 Å². The lowest BCUT2D eigenvalue weighted by atomic mass is 9.71. The average Bonchev–Trinajstić information content (AvgIpc) is 2.72. The molecule has 3 fully saturated rings. The van der Waals surface area contributed by atoms with Gasteiger partial charge in [0.15, 0.2) is 0 Å². The van der Waals surface area contributed by atoms with Crippen LogP contribution in [0.3, 0.4) is 0 Å². The first-order chi connectivity index (χ1) is 14.1. The van der Waals surface area contributed by atoms with Gasteiger partial charge in [0.1, 0.15) is 11.9 Å². The fourth-order valence-corrected chi connectivity index (χ4v) is 5.83. The highest BCUT2D eigenvalue weighted by Crippen LogP contribution is 2.41. The molecule has 0 aromatic heterocycles. The number of halogens is 1. The van der Waals surface area contributed by atoms with Crippen LogP contribution in [0.1, 0.15) is 31.2 Å². The number of amides is 2. The zero-order chi connectivity index (χ0) is 20.4. The van der Waals surface area contributed by atoms with Gasteiger partial charge in [-0.25, -0.2) is 4.39 Å². The van der Waals surface area contributed by atoms with Crippen molar-refractivity contribution >= 4 is 23.6 Å². The summed E-state index contributed by atoms with van der Waals surface area (Å²) in [6, 6.07) is 5.98. The molecule has 0 spiro atoms. The van der Waals surface area contributed by atoms with Crippen molar-refractivity contribution in [2.45, 2.75) is 44.3 Å². The van der Waals surface area contributed by atoms with Crippen LogP contribution < -0.4 is 5.32 Å². The van der Waals surface area contributed by atoms with Crippen LogP contribution in [0.25, 0.3) is 0 Å². The molecule has 2 bridgehead atoms. The van der Waals surface area contributed by atoms with Gasteiger partial charge in [0.2, 0.25) is 11.8 Å². The number of nitrogens with zero attached hydrogens (tertiary/aromatic N) is 2. The fraction of sp³-hybridized carbons (Fsp3) is 0.636. The largest absolute Gasteiger partial charge is 0.350 e. The number of nitrogens with one attached hydrogen (secondary N) is 1. The summed E-state index contributed by atoms with van der Waals surface area (Å²) in [6.07, 6.45) is 5.63.